The maximum atomic E-state index is 10.6. The molecular weight excluding hydrogens is 326 g/mol. The van der Waals surface area contributed by atoms with E-state index in [1.165, 1.54) is 12.1 Å². The van der Waals surface area contributed by atoms with Gasteiger partial charge >= 0.3 is 0 Å². The first kappa shape index (κ1) is 14.5. The minimum atomic E-state index is -0.444. The molecule has 20 heavy (non-hydrogen) atoms. The predicted octanol–water partition coefficient (Wildman–Crippen LogP) is 3.43. The molecule has 0 radical (unpaired) electrons. The first-order valence-electron chi connectivity index (χ1n) is 5.85. The van der Waals surface area contributed by atoms with E-state index in [4.69, 9.17) is 9.84 Å². The highest BCUT2D eigenvalue weighted by atomic mass is 79.9. The van der Waals surface area contributed by atoms with Crippen LogP contribution in [-0.2, 0) is 13.2 Å². The molecule has 2 aromatic rings. The molecule has 0 atom stereocenters. The van der Waals surface area contributed by atoms with E-state index in [-0.39, 0.29) is 18.9 Å². The number of hydrogen-bond acceptors (Lipinski definition) is 4. The van der Waals surface area contributed by atoms with Gasteiger partial charge in [0.15, 0.2) is 0 Å². The van der Waals surface area contributed by atoms with Gasteiger partial charge in [-0.3, -0.25) is 10.1 Å². The molecule has 0 aromatic heterocycles. The van der Waals surface area contributed by atoms with Crippen molar-refractivity contribution in [2.75, 3.05) is 0 Å². The number of nitro benzene ring substituents is 1. The zero-order valence-corrected chi connectivity index (χ0v) is 12.0. The number of nitro groups is 1. The summed E-state index contributed by atoms with van der Waals surface area (Å²) >= 11 is 3.29. The Kier molecular flexibility index (Phi) is 4.70. The molecule has 0 aliphatic heterocycles. The molecule has 6 heteroatoms. The zero-order valence-electron chi connectivity index (χ0n) is 10.5. The average Bonchev–Trinajstić information content (AvgIpc) is 2.46. The fraction of sp³-hybridized carbons (Fsp3) is 0.143. The summed E-state index contributed by atoms with van der Waals surface area (Å²) in [7, 11) is 0. The van der Waals surface area contributed by atoms with Crippen LogP contribution in [0.25, 0.3) is 0 Å². The lowest BCUT2D eigenvalue weighted by atomic mass is 10.2. The molecule has 0 fully saturated rings. The molecule has 0 bridgehead atoms. The van der Waals surface area contributed by atoms with Crippen LogP contribution in [0.15, 0.2) is 46.9 Å². The van der Waals surface area contributed by atoms with Gasteiger partial charge in [-0.05, 0) is 23.8 Å². The van der Waals surface area contributed by atoms with Crippen LogP contribution in [0.3, 0.4) is 0 Å². The first-order chi connectivity index (χ1) is 9.60. The van der Waals surface area contributed by atoms with Crippen molar-refractivity contribution >= 4 is 21.6 Å². The van der Waals surface area contributed by atoms with Gasteiger partial charge in [0.25, 0.3) is 5.69 Å². The van der Waals surface area contributed by atoms with E-state index in [1.807, 2.05) is 0 Å². The zero-order chi connectivity index (χ0) is 14.5. The largest absolute Gasteiger partial charge is 0.489 e. The van der Waals surface area contributed by atoms with Crippen molar-refractivity contribution in [1.82, 2.24) is 0 Å². The van der Waals surface area contributed by atoms with Crippen LogP contribution >= 0.6 is 15.9 Å². The van der Waals surface area contributed by atoms with Crippen LogP contribution in [0, 0.1) is 10.1 Å². The van der Waals surface area contributed by atoms with E-state index in [0.29, 0.717) is 10.2 Å². The third-order valence-corrected chi connectivity index (χ3v) is 3.46. The molecule has 104 valence electrons. The molecule has 0 saturated heterocycles. The molecule has 0 spiro atoms. The Morgan fingerprint density at radius 3 is 2.70 bits per heavy atom. The van der Waals surface area contributed by atoms with Crippen molar-refractivity contribution < 1.29 is 14.8 Å². The van der Waals surface area contributed by atoms with Crippen molar-refractivity contribution in [3.63, 3.8) is 0 Å². The Morgan fingerprint density at radius 2 is 2.05 bits per heavy atom. The molecule has 0 aliphatic carbocycles. The van der Waals surface area contributed by atoms with Crippen LogP contribution in [0.5, 0.6) is 5.75 Å². The van der Waals surface area contributed by atoms with Crippen LogP contribution in [-0.4, -0.2) is 10.0 Å². The van der Waals surface area contributed by atoms with E-state index in [2.05, 4.69) is 15.9 Å². The van der Waals surface area contributed by atoms with Gasteiger partial charge in [-0.15, -0.1) is 0 Å². The lowest BCUT2D eigenvalue weighted by molar-refractivity contribution is -0.384. The van der Waals surface area contributed by atoms with E-state index < -0.39 is 4.92 Å². The quantitative estimate of drug-likeness (QED) is 0.670. The minimum absolute atomic E-state index is 0.0305. The third kappa shape index (κ3) is 3.55. The summed E-state index contributed by atoms with van der Waals surface area (Å²) in [6, 6.07) is 11.7. The number of non-ortho nitro benzene ring substituents is 1. The Balaban J connectivity index is 2.08. The SMILES string of the molecule is O=[N+]([O-])c1ccc(COc2cccc(CO)c2)c(Br)c1. The fourth-order valence-corrected chi connectivity index (χ4v) is 2.14. The minimum Gasteiger partial charge on any atom is -0.489 e. The van der Waals surface area contributed by atoms with Crippen molar-refractivity contribution in [3.05, 3.63) is 68.2 Å². The lowest BCUT2D eigenvalue weighted by Crippen LogP contribution is -1.98. The van der Waals surface area contributed by atoms with Gasteiger partial charge in [-0.25, -0.2) is 0 Å². The number of nitrogens with zero attached hydrogens (tertiary/aromatic N) is 1. The number of benzene rings is 2. The predicted molar refractivity (Wildman–Crippen MR) is 77.5 cm³/mol. The highest BCUT2D eigenvalue weighted by Gasteiger charge is 2.09. The topological polar surface area (TPSA) is 72.6 Å². The standard InChI is InChI=1S/C14H12BrNO4/c15-14-7-12(16(18)19)5-4-11(14)9-20-13-3-1-2-10(6-13)8-17/h1-7,17H,8-9H2. The summed E-state index contributed by atoms with van der Waals surface area (Å²) in [5.74, 6) is 0.641. The second kappa shape index (κ2) is 6.49. The fourth-order valence-electron chi connectivity index (χ4n) is 1.66. The van der Waals surface area contributed by atoms with Gasteiger partial charge in [0, 0.05) is 22.2 Å². The Hall–Kier alpha value is -1.92. The molecular formula is C14H12BrNO4. The molecule has 5 nitrogen and oxygen atoms in total. The number of rotatable bonds is 5. The smallest absolute Gasteiger partial charge is 0.270 e. The van der Waals surface area contributed by atoms with Crippen molar-refractivity contribution in [2.45, 2.75) is 13.2 Å². The van der Waals surface area contributed by atoms with Gasteiger partial charge in [0.2, 0.25) is 0 Å². The number of hydrogen-bond donors (Lipinski definition) is 1. The number of halogens is 1. The van der Waals surface area contributed by atoms with Gasteiger partial charge in [0.05, 0.1) is 11.5 Å². The van der Waals surface area contributed by atoms with Crippen LogP contribution in [0.4, 0.5) is 5.69 Å². The van der Waals surface area contributed by atoms with Crippen molar-refractivity contribution in [1.29, 1.82) is 0 Å². The summed E-state index contributed by atoms with van der Waals surface area (Å²) in [5, 5.41) is 19.7. The second-order valence-electron chi connectivity index (χ2n) is 4.13. The van der Waals surface area contributed by atoms with Crippen molar-refractivity contribution in [2.24, 2.45) is 0 Å². The molecule has 2 rings (SSSR count). The summed E-state index contributed by atoms with van der Waals surface area (Å²) in [5.41, 5.74) is 1.61. The van der Waals surface area contributed by atoms with Gasteiger partial charge < -0.3 is 9.84 Å². The number of aliphatic hydroxyl groups excluding tert-OH is 1. The molecule has 0 aliphatic rings. The van der Waals surface area contributed by atoms with E-state index in [0.717, 1.165) is 11.1 Å². The maximum absolute atomic E-state index is 10.6. The molecule has 1 N–H and O–H groups in total. The highest BCUT2D eigenvalue weighted by Crippen LogP contribution is 2.24. The summed E-state index contributed by atoms with van der Waals surface area (Å²) in [4.78, 5) is 10.2. The van der Waals surface area contributed by atoms with E-state index in [1.54, 1.807) is 30.3 Å². The molecule has 0 unspecified atom stereocenters. The summed E-state index contributed by atoms with van der Waals surface area (Å²) in [6.07, 6.45) is 0. The molecule has 0 amide bonds. The monoisotopic (exact) mass is 337 g/mol. The average molecular weight is 338 g/mol. The lowest BCUT2D eigenvalue weighted by Gasteiger charge is -2.08. The molecule has 0 heterocycles. The molecule has 0 saturated carbocycles. The van der Waals surface area contributed by atoms with E-state index in [9.17, 15) is 10.1 Å². The first-order valence-corrected chi connectivity index (χ1v) is 6.65. The highest BCUT2D eigenvalue weighted by molar-refractivity contribution is 9.10. The Labute approximate surface area is 124 Å². The Morgan fingerprint density at radius 1 is 1.25 bits per heavy atom. The van der Waals surface area contributed by atoms with Gasteiger partial charge in [0.1, 0.15) is 12.4 Å². The second-order valence-corrected chi connectivity index (χ2v) is 4.98. The molecule has 2 aromatic carbocycles. The number of aliphatic hydroxyl groups is 1. The van der Waals surface area contributed by atoms with Crippen molar-refractivity contribution in [3.8, 4) is 5.75 Å². The van der Waals surface area contributed by atoms with Crippen LogP contribution < -0.4 is 4.74 Å². The summed E-state index contributed by atoms with van der Waals surface area (Å²) in [6.45, 7) is 0.242. The third-order valence-electron chi connectivity index (χ3n) is 2.72. The van der Waals surface area contributed by atoms with Crippen LogP contribution in [0.1, 0.15) is 11.1 Å². The Bertz CT molecular complexity index is 630. The van der Waals surface area contributed by atoms with Crippen LogP contribution in [0.2, 0.25) is 0 Å². The number of ether oxygens (including phenoxy) is 1. The maximum Gasteiger partial charge on any atom is 0.270 e. The normalized spacial score (nSPS) is 10.3. The summed E-state index contributed by atoms with van der Waals surface area (Å²) < 4.78 is 6.23. The van der Waals surface area contributed by atoms with E-state index >= 15 is 0 Å². The van der Waals surface area contributed by atoms with Gasteiger partial charge in [-0.2, -0.15) is 0 Å². The van der Waals surface area contributed by atoms with Gasteiger partial charge in [-0.1, -0.05) is 28.1 Å².